The molecule has 1 fully saturated rings. The van der Waals surface area contributed by atoms with Crippen LogP contribution in [0.25, 0.3) is 11.0 Å². The first-order chi connectivity index (χ1) is 9.15. The maximum absolute atomic E-state index is 12.2. The van der Waals surface area contributed by atoms with Gasteiger partial charge in [0.25, 0.3) is 5.56 Å². The number of aryl methyl sites for hydroxylation is 1. The third-order valence-electron chi connectivity index (χ3n) is 3.48. The number of hydrogen-bond acceptors (Lipinski definition) is 5. The molecule has 0 amide bonds. The van der Waals surface area contributed by atoms with E-state index in [-0.39, 0.29) is 11.7 Å². The van der Waals surface area contributed by atoms with Gasteiger partial charge in [0.15, 0.2) is 5.75 Å². The molecule has 19 heavy (non-hydrogen) atoms. The largest absolute Gasteiger partial charge is 0.483 e. The minimum atomic E-state index is -0.152. The van der Waals surface area contributed by atoms with Crippen molar-refractivity contribution in [3.8, 4) is 5.75 Å². The first kappa shape index (κ1) is 12.1. The SMILES string of the molecule is CN1CC[C@@H](Oc2cc3cncnc3n(C)c2=O)C1. The number of nitrogens with zero attached hydrogens (tertiary/aromatic N) is 4. The number of aromatic nitrogens is 3. The van der Waals surface area contributed by atoms with Crippen molar-refractivity contribution in [2.75, 3.05) is 20.1 Å². The molecule has 0 unspecified atom stereocenters. The van der Waals surface area contributed by atoms with Crippen LogP contribution in [-0.2, 0) is 7.05 Å². The van der Waals surface area contributed by atoms with Crippen LogP contribution in [0.2, 0.25) is 0 Å². The van der Waals surface area contributed by atoms with Crippen LogP contribution >= 0.6 is 0 Å². The molecule has 1 saturated heterocycles. The molecule has 100 valence electrons. The van der Waals surface area contributed by atoms with Crippen molar-refractivity contribution in [1.82, 2.24) is 19.4 Å². The summed E-state index contributed by atoms with van der Waals surface area (Å²) in [7, 11) is 3.75. The third-order valence-corrected chi connectivity index (χ3v) is 3.48. The Labute approximate surface area is 110 Å². The molecule has 0 saturated carbocycles. The lowest BCUT2D eigenvalue weighted by Crippen LogP contribution is -2.27. The molecule has 0 spiro atoms. The molecule has 2 aromatic rings. The van der Waals surface area contributed by atoms with Crippen molar-refractivity contribution < 1.29 is 4.74 Å². The molecule has 1 atom stereocenters. The number of fused-ring (bicyclic) bond motifs is 1. The lowest BCUT2D eigenvalue weighted by molar-refractivity contribution is 0.205. The van der Waals surface area contributed by atoms with Crippen LogP contribution in [0.4, 0.5) is 0 Å². The minimum Gasteiger partial charge on any atom is -0.483 e. The maximum atomic E-state index is 12.2. The van der Waals surface area contributed by atoms with Crippen LogP contribution in [0.5, 0.6) is 5.75 Å². The van der Waals surface area contributed by atoms with Crippen molar-refractivity contribution in [3.05, 3.63) is 28.9 Å². The number of pyridine rings is 1. The summed E-state index contributed by atoms with van der Waals surface area (Å²) in [4.78, 5) is 22.5. The summed E-state index contributed by atoms with van der Waals surface area (Å²) in [6.45, 7) is 1.86. The first-order valence-electron chi connectivity index (χ1n) is 6.30. The molecule has 0 N–H and O–H groups in total. The fourth-order valence-corrected chi connectivity index (χ4v) is 2.44. The lowest BCUT2D eigenvalue weighted by atomic mass is 10.3. The van der Waals surface area contributed by atoms with Crippen molar-refractivity contribution in [3.63, 3.8) is 0 Å². The number of ether oxygens (including phenoxy) is 1. The average molecular weight is 260 g/mol. The second-order valence-electron chi connectivity index (χ2n) is 4.97. The van der Waals surface area contributed by atoms with E-state index in [0.717, 1.165) is 24.9 Å². The second-order valence-corrected chi connectivity index (χ2v) is 4.97. The summed E-state index contributed by atoms with van der Waals surface area (Å²) in [6, 6.07) is 1.73. The van der Waals surface area contributed by atoms with Gasteiger partial charge in [-0.05, 0) is 19.5 Å². The van der Waals surface area contributed by atoms with E-state index >= 15 is 0 Å². The van der Waals surface area contributed by atoms with Crippen LogP contribution < -0.4 is 10.3 Å². The van der Waals surface area contributed by atoms with E-state index in [0.29, 0.717) is 11.4 Å². The Morgan fingerprint density at radius 3 is 3.00 bits per heavy atom. The highest BCUT2D eigenvalue weighted by atomic mass is 16.5. The monoisotopic (exact) mass is 260 g/mol. The molecule has 0 aromatic carbocycles. The number of likely N-dealkylation sites (tertiary alicyclic amines) is 1. The summed E-state index contributed by atoms with van der Waals surface area (Å²) in [5.74, 6) is 0.380. The zero-order valence-electron chi connectivity index (χ0n) is 11.0. The van der Waals surface area contributed by atoms with Crippen LogP contribution in [0.15, 0.2) is 23.4 Å². The molecule has 0 bridgehead atoms. The Hall–Kier alpha value is -1.95. The van der Waals surface area contributed by atoms with E-state index in [4.69, 9.17) is 4.74 Å². The van der Waals surface area contributed by atoms with Crippen molar-refractivity contribution in [1.29, 1.82) is 0 Å². The normalized spacial score (nSPS) is 20.0. The Kier molecular flexibility index (Phi) is 2.94. The van der Waals surface area contributed by atoms with Gasteiger partial charge in [0.2, 0.25) is 0 Å². The smallest absolute Gasteiger partial charge is 0.294 e. The van der Waals surface area contributed by atoms with Crippen molar-refractivity contribution in [2.45, 2.75) is 12.5 Å². The van der Waals surface area contributed by atoms with Gasteiger partial charge in [-0.1, -0.05) is 0 Å². The molecule has 3 heterocycles. The summed E-state index contributed by atoms with van der Waals surface area (Å²) in [5.41, 5.74) is 0.469. The molecule has 1 aliphatic rings. The van der Waals surface area contributed by atoms with Gasteiger partial charge < -0.3 is 9.64 Å². The van der Waals surface area contributed by atoms with E-state index in [1.165, 1.54) is 10.9 Å². The van der Waals surface area contributed by atoms with E-state index in [9.17, 15) is 4.79 Å². The molecular weight excluding hydrogens is 244 g/mol. The Balaban J connectivity index is 1.99. The fourth-order valence-electron chi connectivity index (χ4n) is 2.44. The van der Waals surface area contributed by atoms with Gasteiger partial charge in [-0.2, -0.15) is 0 Å². The van der Waals surface area contributed by atoms with Gasteiger partial charge in [-0.15, -0.1) is 0 Å². The quantitative estimate of drug-likeness (QED) is 0.782. The van der Waals surface area contributed by atoms with E-state index < -0.39 is 0 Å². The van der Waals surface area contributed by atoms with Crippen molar-refractivity contribution in [2.24, 2.45) is 7.05 Å². The molecule has 0 radical (unpaired) electrons. The summed E-state index contributed by atoms with van der Waals surface area (Å²) < 4.78 is 7.34. The fraction of sp³-hybridized carbons (Fsp3) is 0.462. The van der Waals surface area contributed by atoms with Gasteiger partial charge in [0.1, 0.15) is 18.1 Å². The highest BCUT2D eigenvalue weighted by molar-refractivity contribution is 5.75. The highest BCUT2D eigenvalue weighted by Crippen LogP contribution is 2.17. The summed E-state index contributed by atoms with van der Waals surface area (Å²) in [5, 5.41) is 0.811. The average Bonchev–Trinajstić information content (AvgIpc) is 2.81. The molecule has 1 aliphatic heterocycles. The second kappa shape index (κ2) is 4.62. The van der Waals surface area contributed by atoms with Crippen molar-refractivity contribution >= 4 is 11.0 Å². The maximum Gasteiger partial charge on any atom is 0.294 e. The van der Waals surface area contributed by atoms with E-state index in [1.807, 2.05) is 0 Å². The molecule has 6 heteroatoms. The van der Waals surface area contributed by atoms with Gasteiger partial charge >= 0.3 is 0 Å². The molecule has 2 aromatic heterocycles. The number of hydrogen-bond donors (Lipinski definition) is 0. The van der Waals surface area contributed by atoms with Gasteiger partial charge in [0, 0.05) is 31.7 Å². The number of likely N-dealkylation sites (N-methyl/N-ethyl adjacent to an activating group) is 1. The molecule has 3 rings (SSSR count). The van der Waals surface area contributed by atoms with Crippen LogP contribution in [0.3, 0.4) is 0 Å². The predicted octanol–water partition coefficient (Wildman–Crippen LogP) is 0.411. The minimum absolute atomic E-state index is 0.0831. The topological polar surface area (TPSA) is 60.2 Å². The highest BCUT2D eigenvalue weighted by Gasteiger charge is 2.22. The first-order valence-corrected chi connectivity index (χ1v) is 6.30. The number of rotatable bonds is 2. The Bertz CT molecular complexity index is 667. The third kappa shape index (κ3) is 2.19. The van der Waals surface area contributed by atoms with Gasteiger partial charge in [-0.3, -0.25) is 9.36 Å². The van der Waals surface area contributed by atoms with Crippen LogP contribution in [0, 0.1) is 0 Å². The summed E-state index contributed by atoms with van der Waals surface area (Å²) in [6.07, 6.45) is 4.16. The predicted molar refractivity (Wildman–Crippen MR) is 71.3 cm³/mol. The Morgan fingerprint density at radius 2 is 2.26 bits per heavy atom. The molecule has 6 nitrogen and oxygen atoms in total. The molecular formula is C13H16N4O2. The van der Waals surface area contributed by atoms with Crippen LogP contribution in [-0.4, -0.2) is 45.7 Å². The van der Waals surface area contributed by atoms with Gasteiger partial charge in [-0.25, -0.2) is 9.97 Å². The van der Waals surface area contributed by atoms with E-state index in [1.54, 1.807) is 19.3 Å². The zero-order valence-corrected chi connectivity index (χ0v) is 11.0. The lowest BCUT2D eigenvalue weighted by Gasteiger charge is -2.14. The zero-order chi connectivity index (χ0) is 13.4. The molecule has 0 aliphatic carbocycles. The van der Waals surface area contributed by atoms with E-state index in [2.05, 4.69) is 21.9 Å². The van der Waals surface area contributed by atoms with Crippen LogP contribution in [0.1, 0.15) is 6.42 Å². The van der Waals surface area contributed by atoms with Gasteiger partial charge in [0.05, 0.1) is 0 Å². The summed E-state index contributed by atoms with van der Waals surface area (Å²) >= 11 is 0. The standard InChI is InChI=1S/C13H16N4O2/c1-16-4-3-10(7-16)19-11-5-9-6-14-8-15-12(9)17(2)13(11)18/h5-6,8,10H,3-4,7H2,1-2H3/t10-/m1/s1. The Morgan fingerprint density at radius 1 is 1.42 bits per heavy atom.